The predicted octanol–water partition coefficient (Wildman–Crippen LogP) is 3.03. The third-order valence-corrected chi connectivity index (χ3v) is 3.49. The highest BCUT2D eigenvalue weighted by atomic mass is 19.3. The van der Waals surface area contributed by atoms with Crippen LogP contribution in [0.3, 0.4) is 0 Å². The first-order chi connectivity index (χ1) is 7.97. The average Bonchev–Trinajstić information content (AvgIpc) is 2.33. The van der Waals surface area contributed by atoms with Crippen LogP contribution in [0.25, 0.3) is 0 Å². The molecule has 0 radical (unpaired) electrons. The van der Waals surface area contributed by atoms with E-state index in [1.54, 1.807) is 6.07 Å². The van der Waals surface area contributed by atoms with Gasteiger partial charge in [0.25, 0.3) is 0 Å². The molecule has 0 unspecified atom stereocenters. The molecule has 0 bridgehead atoms. The van der Waals surface area contributed by atoms with Gasteiger partial charge in [0.2, 0.25) is 5.92 Å². The van der Waals surface area contributed by atoms with Crippen molar-refractivity contribution in [3.63, 3.8) is 0 Å². The van der Waals surface area contributed by atoms with Gasteiger partial charge in [0.05, 0.1) is 0 Å². The lowest BCUT2D eigenvalue weighted by atomic mass is 9.74. The van der Waals surface area contributed by atoms with Crippen LogP contribution in [0.1, 0.15) is 36.8 Å². The summed E-state index contributed by atoms with van der Waals surface area (Å²) in [5.74, 6) is -0.00414. The van der Waals surface area contributed by atoms with Crippen LogP contribution >= 0.6 is 0 Å². The first kappa shape index (κ1) is 12.1. The second-order valence-corrected chi connectivity index (χ2v) is 4.70. The topological polar surface area (TPSA) is 26.0 Å². The van der Waals surface area contributed by atoms with Gasteiger partial charge in [-0.3, -0.25) is 0 Å². The normalized spacial score (nSPS) is 21.8. The van der Waals surface area contributed by atoms with E-state index in [1.165, 1.54) is 0 Å². The van der Waals surface area contributed by atoms with Crippen LogP contribution < -0.4 is 5.73 Å². The molecule has 1 aliphatic rings. The summed E-state index contributed by atoms with van der Waals surface area (Å²) in [5.41, 5.74) is 7.07. The van der Waals surface area contributed by atoms with E-state index in [2.05, 4.69) is 5.92 Å². The average molecular weight is 235 g/mol. The second kappa shape index (κ2) is 4.12. The Bertz CT molecular complexity index is 450. The molecule has 90 valence electrons. The van der Waals surface area contributed by atoms with Crippen LogP contribution in [-0.4, -0.2) is 5.92 Å². The molecule has 1 nitrogen and oxygen atoms in total. The van der Waals surface area contributed by atoms with Gasteiger partial charge in [0.1, 0.15) is 0 Å². The van der Waals surface area contributed by atoms with Gasteiger partial charge in [-0.1, -0.05) is 24.1 Å². The number of terminal acetylenes is 1. The minimum absolute atomic E-state index is 0.164. The summed E-state index contributed by atoms with van der Waals surface area (Å²) >= 11 is 0. The lowest BCUT2D eigenvalue weighted by Gasteiger charge is -2.38. The maximum absolute atomic E-state index is 13.2. The predicted molar refractivity (Wildman–Crippen MR) is 63.7 cm³/mol. The zero-order chi connectivity index (χ0) is 12.5. The monoisotopic (exact) mass is 235 g/mol. The van der Waals surface area contributed by atoms with Crippen LogP contribution in [0, 0.1) is 12.3 Å². The van der Waals surface area contributed by atoms with E-state index < -0.39 is 11.5 Å². The fraction of sp³-hybridized carbons (Fsp3) is 0.429. The van der Waals surface area contributed by atoms with E-state index in [9.17, 15) is 8.78 Å². The van der Waals surface area contributed by atoms with E-state index >= 15 is 0 Å². The second-order valence-electron chi connectivity index (χ2n) is 4.70. The van der Waals surface area contributed by atoms with Crippen LogP contribution in [-0.2, 0) is 5.54 Å². The summed E-state index contributed by atoms with van der Waals surface area (Å²) in [4.78, 5) is 0. The molecule has 0 saturated heterocycles. The van der Waals surface area contributed by atoms with Crippen molar-refractivity contribution < 1.29 is 8.78 Å². The summed E-state index contributed by atoms with van der Waals surface area (Å²) in [6.07, 6.45) is 5.64. The molecule has 1 aromatic carbocycles. The van der Waals surface area contributed by atoms with Crippen molar-refractivity contribution in [3.05, 3.63) is 35.4 Å². The number of hydrogen-bond acceptors (Lipinski definition) is 1. The Hall–Kier alpha value is -1.40. The summed E-state index contributed by atoms with van der Waals surface area (Å²) in [6.45, 7) is 0. The first-order valence-electron chi connectivity index (χ1n) is 5.70. The van der Waals surface area contributed by atoms with Crippen LogP contribution in [0.4, 0.5) is 8.78 Å². The molecule has 0 spiro atoms. The minimum Gasteiger partial charge on any atom is -0.321 e. The molecular formula is C14H15F2N. The van der Waals surface area contributed by atoms with Crippen LogP contribution in [0.5, 0.6) is 0 Å². The molecular weight excluding hydrogens is 220 g/mol. The molecule has 0 aromatic heterocycles. The molecule has 3 heteroatoms. The Morgan fingerprint density at radius 3 is 2.29 bits per heavy atom. The maximum Gasteiger partial charge on any atom is 0.248 e. The van der Waals surface area contributed by atoms with Crippen molar-refractivity contribution in [2.45, 2.75) is 37.1 Å². The first-order valence-corrected chi connectivity index (χ1v) is 5.70. The van der Waals surface area contributed by atoms with Crippen molar-refractivity contribution in [1.29, 1.82) is 0 Å². The lowest BCUT2D eigenvalue weighted by molar-refractivity contribution is -0.0514. The summed E-state index contributed by atoms with van der Waals surface area (Å²) < 4.78 is 26.3. The SMILES string of the molecule is C#Cc1ccccc1C1(N)CCC(F)(F)CC1. The smallest absolute Gasteiger partial charge is 0.248 e. The number of nitrogens with two attached hydrogens (primary N) is 1. The van der Waals surface area contributed by atoms with E-state index in [1.807, 2.05) is 18.2 Å². The zero-order valence-corrected chi connectivity index (χ0v) is 9.55. The fourth-order valence-corrected chi connectivity index (χ4v) is 2.37. The maximum atomic E-state index is 13.2. The highest BCUT2D eigenvalue weighted by Crippen LogP contribution is 2.42. The third-order valence-electron chi connectivity index (χ3n) is 3.49. The zero-order valence-electron chi connectivity index (χ0n) is 9.55. The number of hydrogen-bond donors (Lipinski definition) is 1. The molecule has 2 N–H and O–H groups in total. The summed E-state index contributed by atoms with van der Waals surface area (Å²) in [5, 5.41) is 0. The summed E-state index contributed by atoms with van der Waals surface area (Å²) in [6, 6.07) is 7.33. The number of benzene rings is 1. The molecule has 1 fully saturated rings. The van der Waals surface area contributed by atoms with Crippen molar-refractivity contribution in [1.82, 2.24) is 0 Å². The highest BCUT2D eigenvalue weighted by Gasteiger charge is 2.42. The summed E-state index contributed by atoms with van der Waals surface area (Å²) in [7, 11) is 0. The Labute approximate surface area is 100 Å². The van der Waals surface area contributed by atoms with Crippen LogP contribution in [0.2, 0.25) is 0 Å². The number of halogens is 2. The lowest BCUT2D eigenvalue weighted by Crippen LogP contribution is -2.44. The van der Waals surface area contributed by atoms with Crippen molar-refractivity contribution in [2.24, 2.45) is 5.73 Å². The Morgan fingerprint density at radius 2 is 1.71 bits per heavy atom. The largest absolute Gasteiger partial charge is 0.321 e. The van der Waals surface area contributed by atoms with Crippen LogP contribution in [0.15, 0.2) is 24.3 Å². The van der Waals surface area contributed by atoms with Gasteiger partial charge in [-0.05, 0) is 24.5 Å². The van der Waals surface area contributed by atoms with Gasteiger partial charge in [0, 0.05) is 23.9 Å². The van der Waals surface area contributed by atoms with Crippen molar-refractivity contribution in [3.8, 4) is 12.3 Å². The molecule has 0 atom stereocenters. The van der Waals surface area contributed by atoms with Gasteiger partial charge in [-0.2, -0.15) is 0 Å². The molecule has 1 aromatic rings. The molecule has 1 saturated carbocycles. The quantitative estimate of drug-likeness (QED) is 0.744. The van der Waals surface area contributed by atoms with Gasteiger partial charge in [-0.25, -0.2) is 8.78 Å². The van der Waals surface area contributed by atoms with E-state index in [4.69, 9.17) is 12.2 Å². The molecule has 17 heavy (non-hydrogen) atoms. The van der Waals surface area contributed by atoms with Gasteiger partial charge in [0.15, 0.2) is 0 Å². The van der Waals surface area contributed by atoms with Gasteiger partial charge < -0.3 is 5.73 Å². The molecule has 0 heterocycles. The Balaban J connectivity index is 2.31. The van der Waals surface area contributed by atoms with Crippen molar-refractivity contribution in [2.75, 3.05) is 0 Å². The number of rotatable bonds is 1. The Kier molecular flexibility index (Phi) is 2.92. The fourth-order valence-electron chi connectivity index (χ4n) is 2.37. The van der Waals surface area contributed by atoms with E-state index in [0.717, 1.165) is 5.56 Å². The standard InChI is InChI=1S/C14H15F2N/c1-2-11-5-3-4-6-12(11)13(17)7-9-14(15,16)10-8-13/h1,3-6H,7-10,17H2. The van der Waals surface area contributed by atoms with Gasteiger partial charge >= 0.3 is 0 Å². The molecule has 1 aliphatic carbocycles. The van der Waals surface area contributed by atoms with E-state index in [0.29, 0.717) is 5.56 Å². The molecule has 0 aliphatic heterocycles. The third kappa shape index (κ3) is 2.32. The number of alkyl halides is 2. The minimum atomic E-state index is -2.58. The molecule has 2 rings (SSSR count). The van der Waals surface area contributed by atoms with Gasteiger partial charge in [-0.15, -0.1) is 6.42 Å². The van der Waals surface area contributed by atoms with E-state index in [-0.39, 0.29) is 25.7 Å². The molecule has 0 amide bonds. The highest BCUT2D eigenvalue weighted by molar-refractivity contribution is 5.44. The van der Waals surface area contributed by atoms with Crippen molar-refractivity contribution >= 4 is 0 Å². The Morgan fingerprint density at radius 1 is 1.12 bits per heavy atom.